The molecule has 0 bridgehead atoms. The Morgan fingerprint density at radius 2 is 1.90 bits per heavy atom. The number of aliphatic hydroxyl groups is 1. The molecule has 0 saturated carbocycles. The van der Waals surface area contributed by atoms with E-state index in [2.05, 4.69) is 9.71 Å². The minimum atomic E-state index is -3.59. The monoisotopic (exact) mass is 306 g/mol. The van der Waals surface area contributed by atoms with Crippen LogP contribution in [0.25, 0.3) is 0 Å². The Hall–Kier alpha value is -1.92. The van der Waals surface area contributed by atoms with Crippen molar-refractivity contribution >= 4 is 15.7 Å². The number of pyridine rings is 1. The van der Waals surface area contributed by atoms with E-state index in [0.717, 1.165) is 17.7 Å². The fourth-order valence-corrected chi connectivity index (χ4v) is 2.99. The normalized spacial score (nSPS) is 11.3. The molecule has 112 valence electrons. The predicted molar refractivity (Wildman–Crippen MR) is 81.6 cm³/mol. The van der Waals surface area contributed by atoms with Crippen LogP contribution < -0.4 is 4.72 Å². The Balaban J connectivity index is 2.15. The molecule has 1 aromatic carbocycles. The summed E-state index contributed by atoms with van der Waals surface area (Å²) in [5, 5.41) is 8.79. The number of benzene rings is 1. The maximum atomic E-state index is 12.3. The predicted octanol–water partition coefficient (Wildman–Crippen LogP) is 2.12. The third-order valence-corrected chi connectivity index (χ3v) is 4.40. The van der Waals surface area contributed by atoms with Gasteiger partial charge in [-0.15, -0.1) is 0 Å². The van der Waals surface area contributed by atoms with E-state index in [-0.39, 0.29) is 11.5 Å². The van der Waals surface area contributed by atoms with Gasteiger partial charge in [-0.3, -0.25) is 9.71 Å². The van der Waals surface area contributed by atoms with Crippen LogP contribution in [-0.4, -0.2) is 25.1 Å². The van der Waals surface area contributed by atoms with Crippen molar-refractivity contribution in [2.75, 3.05) is 11.3 Å². The van der Waals surface area contributed by atoms with Crippen LogP contribution in [0.2, 0.25) is 0 Å². The Kier molecular flexibility index (Phi) is 4.93. The highest BCUT2D eigenvalue weighted by Crippen LogP contribution is 2.17. The van der Waals surface area contributed by atoms with Crippen LogP contribution in [0.1, 0.15) is 17.7 Å². The number of nitrogens with one attached hydrogen (secondary N) is 1. The highest BCUT2D eigenvalue weighted by atomic mass is 32.2. The van der Waals surface area contributed by atoms with E-state index in [0.29, 0.717) is 12.1 Å². The van der Waals surface area contributed by atoms with Gasteiger partial charge in [0.25, 0.3) is 10.0 Å². The molecule has 0 amide bonds. The van der Waals surface area contributed by atoms with Crippen molar-refractivity contribution in [1.82, 2.24) is 4.98 Å². The van der Waals surface area contributed by atoms with Crippen molar-refractivity contribution < 1.29 is 13.5 Å². The Bertz CT molecular complexity index is 697. The summed E-state index contributed by atoms with van der Waals surface area (Å²) in [6.45, 7) is 1.93. The van der Waals surface area contributed by atoms with E-state index in [9.17, 15) is 8.42 Å². The summed E-state index contributed by atoms with van der Waals surface area (Å²) >= 11 is 0. The van der Waals surface area contributed by atoms with Crippen molar-refractivity contribution in [2.45, 2.75) is 24.7 Å². The van der Waals surface area contributed by atoms with Crippen LogP contribution in [0.3, 0.4) is 0 Å². The van der Waals surface area contributed by atoms with Crippen molar-refractivity contribution in [1.29, 1.82) is 0 Å². The van der Waals surface area contributed by atoms with Gasteiger partial charge in [0.1, 0.15) is 0 Å². The summed E-state index contributed by atoms with van der Waals surface area (Å²) < 4.78 is 27.1. The molecule has 0 aliphatic heterocycles. The molecule has 5 nitrogen and oxygen atoms in total. The fourth-order valence-electron chi connectivity index (χ4n) is 1.94. The molecule has 6 heteroatoms. The Morgan fingerprint density at radius 3 is 2.52 bits per heavy atom. The second-order valence-corrected chi connectivity index (χ2v) is 6.44. The molecule has 21 heavy (non-hydrogen) atoms. The second kappa shape index (κ2) is 6.69. The maximum absolute atomic E-state index is 12.3. The molecule has 0 aliphatic carbocycles. The third kappa shape index (κ3) is 4.27. The van der Waals surface area contributed by atoms with Gasteiger partial charge in [-0.25, -0.2) is 8.42 Å². The van der Waals surface area contributed by atoms with E-state index in [1.165, 1.54) is 0 Å². The van der Waals surface area contributed by atoms with Crippen LogP contribution in [-0.2, 0) is 16.4 Å². The molecular weight excluding hydrogens is 288 g/mol. The summed E-state index contributed by atoms with van der Waals surface area (Å²) in [6, 6.07) is 9.96. The Labute approximate surface area is 124 Å². The average molecular weight is 306 g/mol. The van der Waals surface area contributed by atoms with Crippen molar-refractivity contribution in [2.24, 2.45) is 0 Å². The number of sulfonamides is 1. The molecule has 2 rings (SSSR count). The van der Waals surface area contributed by atoms with Gasteiger partial charge >= 0.3 is 0 Å². The number of nitrogens with zero attached hydrogens (tertiary/aromatic N) is 1. The summed E-state index contributed by atoms with van der Waals surface area (Å²) in [5.41, 5.74) is 2.24. The molecule has 0 spiro atoms. The number of hydrogen-bond acceptors (Lipinski definition) is 4. The van der Waals surface area contributed by atoms with Gasteiger partial charge in [0.2, 0.25) is 0 Å². The molecule has 0 radical (unpaired) electrons. The minimum Gasteiger partial charge on any atom is -0.396 e. The molecular formula is C15H18N2O3S. The highest BCUT2D eigenvalue weighted by Gasteiger charge is 2.14. The number of anilines is 1. The second-order valence-electron chi connectivity index (χ2n) is 4.76. The minimum absolute atomic E-state index is 0.128. The highest BCUT2D eigenvalue weighted by molar-refractivity contribution is 7.92. The summed E-state index contributed by atoms with van der Waals surface area (Å²) in [6.07, 6.45) is 2.96. The van der Waals surface area contributed by atoms with E-state index < -0.39 is 10.0 Å². The first-order valence-electron chi connectivity index (χ1n) is 6.66. The lowest BCUT2D eigenvalue weighted by Gasteiger charge is -2.09. The zero-order valence-corrected chi connectivity index (χ0v) is 12.6. The SMILES string of the molecule is Cc1cc(NS(=O)(=O)c2ccc(CCCO)cc2)ccn1. The summed E-state index contributed by atoms with van der Waals surface area (Å²) in [7, 11) is -3.59. The van der Waals surface area contributed by atoms with Gasteiger partial charge in [0, 0.05) is 18.5 Å². The molecule has 0 fully saturated rings. The van der Waals surface area contributed by atoms with Gasteiger partial charge in [-0.05, 0) is 49.6 Å². The number of hydrogen-bond donors (Lipinski definition) is 2. The molecule has 0 aliphatic rings. The summed E-state index contributed by atoms with van der Waals surface area (Å²) in [4.78, 5) is 4.24. The van der Waals surface area contributed by atoms with E-state index in [4.69, 9.17) is 5.11 Å². The summed E-state index contributed by atoms with van der Waals surface area (Å²) in [5.74, 6) is 0. The number of rotatable bonds is 6. The van der Waals surface area contributed by atoms with E-state index in [1.807, 2.05) is 0 Å². The molecule has 0 saturated heterocycles. The van der Waals surface area contributed by atoms with Crippen LogP contribution >= 0.6 is 0 Å². The molecule has 1 heterocycles. The van der Waals surface area contributed by atoms with Crippen molar-refractivity contribution in [3.05, 3.63) is 53.9 Å². The van der Waals surface area contributed by atoms with Crippen molar-refractivity contribution in [3.8, 4) is 0 Å². The third-order valence-electron chi connectivity index (χ3n) is 3.01. The Morgan fingerprint density at radius 1 is 1.19 bits per heavy atom. The first kappa shape index (κ1) is 15.5. The molecule has 1 aromatic heterocycles. The largest absolute Gasteiger partial charge is 0.396 e. The van der Waals surface area contributed by atoms with Gasteiger partial charge in [-0.1, -0.05) is 12.1 Å². The lowest BCUT2D eigenvalue weighted by molar-refractivity contribution is 0.288. The van der Waals surface area contributed by atoms with Gasteiger partial charge in [0.05, 0.1) is 10.6 Å². The first-order chi connectivity index (χ1) is 10.0. The van der Waals surface area contributed by atoms with Crippen molar-refractivity contribution in [3.63, 3.8) is 0 Å². The quantitative estimate of drug-likeness (QED) is 0.856. The number of aliphatic hydroxyl groups excluding tert-OH is 1. The molecule has 0 atom stereocenters. The van der Waals surface area contributed by atoms with Crippen LogP contribution in [0.4, 0.5) is 5.69 Å². The molecule has 2 N–H and O–H groups in total. The van der Waals surface area contributed by atoms with Gasteiger partial charge < -0.3 is 5.11 Å². The van der Waals surface area contributed by atoms with E-state index in [1.54, 1.807) is 49.5 Å². The molecule has 0 unspecified atom stereocenters. The molecule has 2 aromatic rings. The van der Waals surface area contributed by atoms with Crippen LogP contribution in [0.15, 0.2) is 47.5 Å². The van der Waals surface area contributed by atoms with Gasteiger partial charge in [-0.2, -0.15) is 0 Å². The average Bonchev–Trinajstić information content (AvgIpc) is 2.45. The first-order valence-corrected chi connectivity index (χ1v) is 8.15. The standard InChI is InChI=1S/C15H18N2O3S/c1-12-11-14(8-9-16-12)17-21(19,20)15-6-4-13(5-7-15)3-2-10-18/h4-9,11,18H,2-3,10H2,1H3,(H,16,17). The zero-order valence-electron chi connectivity index (χ0n) is 11.8. The zero-order chi connectivity index (χ0) is 15.3. The van der Waals surface area contributed by atoms with Gasteiger partial charge in [0.15, 0.2) is 0 Å². The maximum Gasteiger partial charge on any atom is 0.261 e. The van der Waals surface area contributed by atoms with E-state index >= 15 is 0 Å². The lowest BCUT2D eigenvalue weighted by atomic mass is 10.1. The number of aryl methyl sites for hydroxylation is 2. The van der Waals surface area contributed by atoms with Crippen LogP contribution in [0.5, 0.6) is 0 Å². The fraction of sp³-hybridized carbons (Fsp3) is 0.267. The number of aromatic nitrogens is 1. The van der Waals surface area contributed by atoms with Crippen LogP contribution in [0, 0.1) is 6.92 Å². The topological polar surface area (TPSA) is 79.3 Å². The smallest absolute Gasteiger partial charge is 0.261 e. The lowest BCUT2D eigenvalue weighted by Crippen LogP contribution is -2.13.